The average molecular weight is 694 g/mol. The number of amides is 2. The molecule has 0 radical (unpaired) electrons. The first-order valence-electron chi connectivity index (χ1n) is 16.1. The Kier molecular flexibility index (Phi) is 12.0. The zero-order chi connectivity index (χ0) is 33.4. The smallest absolute Gasteiger partial charge is 0.235 e. The lowest BCUT2D eigenvalue weighted by Crippen LogP contribution is -2.56. The molecule has 3 aromatic rings. The van der Waals surface area contributed by atoms with Crippen LogP contribution in [0.4, 0.5) is 11.4 Å². The van der Waals surface area contributed by atoms with Crippen molar-refractivity contribution in [2.75, 3.05) is 24.4 Å². The highest BCUT2D eigenvalue weighted by Crippen LogP contribution is 2.49. The lowest BCUT2D eigenvalue weighted by Gasteiger charge is -2.44. The summed E-state index contributed by atoms with van der Waals surface area (Å²) < 4.78 is 12.4. The first-order chi connectivity index (χ1) is 22.1. The zero-order valence-electron chi connectivity index (χ0n) is 27.3. The molecule has 0 aliphatic heterocycles. The molecule has 0 aromatic heterocycles. The zero-order valence-corrected chi connectivity index (χ0v) is 28.9. The Bertz CT molecular complexity index is 1550. The van der Waals surface area contributed by atoms with Crippen molar-refractivity contribution in [3.63, 3.8) is 0 Å². The Labute approximate surface area is 280 Å². The molecule has 1 saturated carbocycles. The van der Waals surface area contributed by atoms with Crippen LogP contribution < -0.4 is 20.1 Å². The van der Waals surface area contributed by atoms with Crippen LogP contribution in [0.15, 0.2) is 65.1 Å². The molecule has 2 amide bonds. The molecular formula is C37H45BrN2O6. The fourth-order valence-electron chi connectivity index (χ4n) is 6.41. The number of carbonyl (C=O) groups excluding carboxylic acids is 3. The Morgan fingerprint density at radius 2 is 1.52 bits per heavy atom. The van der Waals surface area contributed by atoms with Crippen LogP contribution in [0.3, 0.4) is 0 Å². The molecule has 9 heteroatoms. The number of methoxy groups -OCH3 is 1. The van der Waals surface area contributed by atoms with Gasteiger partial charge in [0.25, 0.3) is 0 Å². The first kappa shape index (κ1) is 35.2. The van der Waals surface area contributed by atoms with E-state index in [1.54, 1.807) is 18.2 Å². The van der Waals surface area contributed by atoms with Gasteiger partial charge in [0.05, 0.1) is 29.7 Å². The van der Waals surface area contributed by atoms with E-state index in [0.29, 0.717) is 52.4 Å². The largest absolute Gasteiger partial charge is 0.493 e. The SMILES string of the molecule is CCCCCOc1c(Br)cc(C2C(C(=O)Nc3ccccc3CC)C(=O)CC(C)(O)C2C(=O)Nc2ccccc2CC)cc1OC. The van der Waals surface area contributed by atoms with E-state index >= 15 is 0 Å². The highest BCUT2D eigenvalue weighted by atomic mass is 79.9. The van der Waals surface area contributed by atoms with Crippen LogP contribution in [-0.4, -0.2) is 42.0 Å². The summed E-state index contributed by atoms with van der Waals surface area (Å²) in [4.78, 5) is 42.4. The van der Waals surface area contributed by atoms with Crippen molar-refractivity contribution in [2.45, 2.75) is 77.7 Å². The lowest BCUT2D eigenvalue weighted by atomic mass is 9.61. The van der Waals surface area contributed by atoms with Crippen molar-refractivity contribution in [3.8, 4) is 11.5 Å². The van der Waals surface area contributed by atoms with Gasteiger partial charge in [0.15, 0.2) is 11.5 Å². The van der Waals surface area contributed by atoms with Crippen molar-refractivity contribution >= 4 is 44.9 Å². The summed E-state index contributed by atoms with van der Waals surface area (Å²) in [5.41, 5.74) is 1.81. The highest BCUT2D eigenvalue weighted by Gasteiger charge is 2.56. The Morgan fingerprint density at radius 1 is 0.935 bits per heavy atom. The molecule has 0 spiro atoms. The van der Waals surface area contributed by atoms with Crippen molar-refractivity contribution in [2.24, 2.45) is 11.8 Å². The van der Waals surface area contributed by atoms with E-state index in [1.165, 1.54) is 14.0 Å². The number of aliphatic hydroxyl groups is 1. The van der Waals surface area contributed by atoms with Crippen LogP contribution in [0.1, 0.15) is 76.0 Å². The fourth-order valence-corrected chi connectivity index (χ4v) is 6.99. The number of carbonyl (C=O) groups is 3. The predicted octanol–water partition coefficient (Wildman–Crippen LogP) is 7.47. The molecule has 3 aromatic carbocycles. The van der Waals surface area contributed by atoms with Gasteiger partial charge in [-0.15, -0.1) is 0 Å². The molecule has 1 aliphatic rings. The molecule has 4 unspecified atom stereocenters. The minimum atomic E-state index is -1.75. The minimum absolute atomic E-state index is 0.360. The van der Waals surface area contributed by atoms with Crippen molar-refractivity contribution in [1.29, 1.82) is 0 Å². The summed E-state index contributed by atoms with van der Waals surface area (Å²) in [7, 11) is 1.52. The number of para-hydroxylation sites is 2. The number of nitrogens with one attached hydrogen (secondary N) is 2. The molecule has 4 atom stereocenters. The van der Waals surface area contributed by atoms with Crippen LogP contribution in [0, 0.1) is 11.8 Å². The predicted molar refractivity (Wildman–Crippen MR) is 185 cm³/mol. The average Bonchev–Trinajstić information content (AvgIpc) is 3.02. The van der Waals surface area contributed by atoms with Gasteiger partial charge in [-0.2, -0.15) is 0 Å². The summed E-state index contributed by atoms with van der Waals surface area (Å²) in [6, 6.07) is 18.4. The summed E-state index contributed by atoms with van der Waals surface area (Å²) in [5, 5.41) is 17.8. The van der Waals surface area contributed by atoms with Gasteiger partial charge in [0.1, 0.15) is 11.7 Å². The Balaban J connectivity index is 1.84. The van der Waals surface area contributed by atoms with E-state index in [4.69, 9.17) is 9.47 Å². The number of Topliss-reactive ketones (excluding diaryl/α,β-unsaturated/α-hetero) is 1. The van der Waals surface area contributed by atoms with Crippen molar-refractivity contribution < 1.29 is 29.0 Å². The van der Waals surface area contributed by atoms with Gasteiger partial charge < -0.3 is 25.2 Å². The maximum Gasteiger partial charge on any atom is 0.235 e. The van der Waals surface area contributed by atoms with Gasteiger partial charge in [0.2, 0.25) is 11.8 Å². The van der Waals surface area contributed by atoms with Gasteiger partial charge in [-0.3, -0.25) is 14.4 Å². The molecule has 1 aliphatic carbocycles. The summed E-state index contributed by atoms with van der Waals surface area (Å²) >= 11 is 3.62. The quantitative estimate of drug-likeness (QED) is 0.127. The van der Waals surface area contributed by atoms with E-state index in [9.17, 15) is 19.5 Å². The van der Waals surface area contributed by atoms with E-state index in [0.717, 1.165) is 30.4 Å². The maximum absolute atomic E-state index is 14.3. The molecular weight excluding hydrogens is 648 g/mol. The third-order valence-corrected chi connectivity index (χ3v) is 9.36. The van der Waals surface area contributed by atoms with E-state index in [2.05, 4.69) is 33.5 Å². The third kappa shape index (κ3) is 7.81. The van der Waals surface area contributed by atoms with E-state index in [1.807, 2.05) is 56.3 Å². The van der Waals surface area contributed by atoms with Gasteiger partial charge in [-0.25, -0.2) is 0 Å². The second-order valence-corrected chi connectivity index (χ2v) is 12.9. The monoisotopic (exact) mass is 692 g/mol. The van der Waals surface area contributed by atoms with Gasteiger partial charge in [-0.05, 0) is 83.1 Å². The van der Waals surface area contributed by atoms with Gasteiger partial charge in [0, 0.05) is 23.7 Å². The number of hydrogen-bond donors (Lipinski definition) is 3. The molecule has 1 fully saturated rings. The number of unbranched alkanes of at least 4 members (excludes halogenated alkanes) is 2. The third-order valence-electron chi connectivity index (χ3n) is 8.78. The molecule has 0 heterocycles. The Hall–Kier alpha value is -3.69. The second kappa shape index (κ2) is 15.7. The minimum Gasteiger partial charge on any atom is -0.493 e. The normalized spacial score (nSPS) is 21.0. The van der Waals surface area contributed by atoms with Gasteiger partial charge in [-0.1, -0.05) is 70.0 Å². The summed E-state index contributed by atoms with van der Waals surface area (Å²) in [6.45, 7) is 8.08. The maximum atomic E-state index is 14.3. The van der Waals surface area contributed by atoms with Crippen molar-refractivity contribution in [1.82, 2.24) is 0 Å². The van der Waals surface area contributed by atoms with Crippen LogP contribution in [0.5, 0.6) is 11.5 Å². The Morgan fingerprint density at radius 3 is 2.09 bits per heavy atom. The second-order valence-electron chi connectivity index (χ2n) is 12.1. The standard InChI is InChI=1S/C37H45BrN2O6/c1-6-9-14-19-46-34-26(38)20-25(21-30(34)45-5)31-32(35(42)39-27-17-12-10-15-23(27)7-2)29(41)22-37(4,44)33(31)36(43)40-28-18-13-11-16-24(28)8-3/h10-13,15-18,20-21,31-33,44H,6-9,14,19,22H2,1-5H3,(H,39,42)(H,40,43). The first-order valence-corrected chi connectivity index (χ1v) is 16.9. The number of anilines is 2. The van der Waals surface area contributed by atoms with Gasteiger partial charge >= 0.3 is 0 Å². The summed E-state index contributed by atoms with van der Waals surface area (Å²) in [6.07, 6.45) is 3.95. The molecule has 8 nitrogen and oxygen atoms in total. The lowest BCUT2D eigenvalue weighted by molar-refractivity contribution is -0.150. The van der Waals surface area contributed by atoms with E-state index in [-0.39, 0.29) is 6.42 Å². The number of ether oxygens (including phenoxy) is 2. The number of halogens is 1. The molecule has 246 valence electrons. The molecule has 3 N–H and O–H groups in total. The van der Waals surface area contributed by atoms with Crippen LogP contribution >= 0.6 is 15.9 Å². The number of aryl methyl sites for hydroxylation is 2. The van der Waals surface area contributed by atoms with Crippen molar-refractivity contribution in [3.05, 3.63) is 81.8 Å². The molecule has 46 heavy (non-hydrogen) atoms. The van der Waals surface area contributed by atoms with E-state index < -0.39 is 41.0 Å². The topological polar surface area (TPSA) is 114 Å². The van der Waals surface area contributed by atoms with Crippen LogP contribution in [0.2, 0.25) is 0 Å². The number of ketones is 1. The fraction of sp³-hybridized carbons (Fsp3) is 0.432. The number of benzene rings is 3. The molecule has 0 bridgehead atoms. The molecule has 4 rings (SSSR count). The van der Waals surface area contributed by atoms with Crippen LogP contribution in [0.25, 0.3) is 0 Å². The number of hydrogen-bond acceptors (Lipinski definition) is 6. The van der Waals surface area contributed by atoms with Crippen LogP contribution in [-0.2, 0) is 27.2 Å². The summed E-state index contributed by atoms with van der Waals surface area (Å²) in [5.74, 6) is -4.04. The highest BCUT2D eigenvalue weighted by molar-refractivity contribution is 9.10. The number of rotatable bonds is 13. The molecule has 0 saturated heterocycles.